The SMILES string of the molecule is CCn1c(=O)n([C@H]2CCN(CC3CCCCCCC3)C[C@@H]2C(=O)N[C@H]2CCNC2)c2ccccc21. The van der Waals surface area contributed by atoms with Crippen molar-refractivity contribution in [3.63, 3.8) is 0 Å². The molecule has 2 aliphatic heterocycles. The van der Waals surface area contributed by atoms with Gasteiger partial charge in [0.25, 0.3) is 0 Å². The van der Waals surface area contributed by atoms with E-state index in [4.69, 9.17) is 0 Å². The maximum Gasteiger partial charge on any atom is 0.329 e. The van der Waals surface area contributed by atoms with Crippen molar-refractivity contribution in [1.82, 2.24) is 24.7 Å². The first-order valence-corrected chi connectivity index (χ1v) is 14.1. The van der Waals surface area contributed by atoms with Crippen LogP contribution in [0.4, 0.5) is 0 Å². The third kappa shape index (κ3) is 5.36. The number of carbonyl (C=O) groups is 1. The van der Waals surface area contributed by atoms with Crippen LogP contribution < -0.4 is 16.3 Å². The topological polar surface area (TPSA) is 71.3 Å². The lowest BCUT2D eigenvalue weighted by Gasteiger charge is -2.40. The zero-order valence-corrected chi connectivity index (χ0v) is 21.4. The van der Waals surface area contributed by atoms with Crippen LogP contribution in [-0.4, -0.2) is 58.7 Å². The summed E-state index contributed by atoms with van der Waals surface area (Å²) in [4.78, 5) is 29.8. The Bertz CT molecular complexity index is 1050. The predicted molar refractivity (Wildman–Crippen MR) is 141 cm³/mol. The van der Waals surface area contributed by atoms with E-state index in [-0.39, 0.29) is 29.6 Å². The first-order valence-electron chi connectivity index (χ1n) is 14.1. The number of hydrogen-bond acceptors (Lipinski definition) is 4. The summed E-state index contributed by atoms with van der Waals surface area (Å²) in [6.07, 6.45) is 11.2. The van der Waals surface area contributed by atoms with E-state index in [1.54, 1.807) is 0 Å². The van der Waals surface area contributed by atoms with Gasteiger partial charge >= 0.3 is 5.69 Å². The van der Waals surface area contributed by atoms with E-state index in [0.717, 1.165) is 62.5 Å². The largest absolute Gasteiger partial charge is 0.352 e. The summed E-state index contributed by atoms with van der Waals surface area (Å²) >= 11 is 0. The van der Waals surface area contributed by atoms with Gasteiger partial charge in [-0.1, -0.05) is 44.2 Å². The Morgan fingerprint density at radius 2 is 1.77 bits per heavy atom. The molecule has 2 N–H and O–H groups in total. The molecule has 3 aliphatic rings. The molecule has 1 aromatic heterocycles. The van der Waals surface area contributed by atoms with Crippen LogP contribution in [0.5, 0.6) is 0 Å². The molecule has 5 rings (SSSR count). The molecule has 35 heavy (non-hydrogen) atoms. The first kappa shape index (κ1) is 24.6. The van der Waals surface area contributed by atoms with Crippen LogP contribution in [0.2, 0.25) is 0 Å². The maximum atomic E-state index is 13.7. The van der Waals surface area contributed by atoms with Gasteiger partial charge in [0.15, 0.2) is 0 Å². The molecule has 3 heterocycles. The molecule has 7 nitrogen and oxygen atoms in total. The molecule has 1 amide bonds. The average molecular weight is 482 g/mol. The molecule has 0 spiro atoms. The molecule has 7 heteroatoms. The van der Waals surface area contributed by atoms with Gasteiger partial charge in [0.2, 0.25) is 5.91 Å². The third-order valence-corrected chi connectivity index (χ3v) is 8.66. The minimum atomic E-state index is -0.216. The standard InChI is InChI=1S/C28H43N5O2/c1-2-32-25-12-8-9-13-26(25)33(28(32)35)24-15-17-31(19-21-10-6-4-3-5-7-11-21)20-23(24)27(34)30-22-14-16-29-18-22/h8-9,12-13,21-24,29H,2-7,10-11,14-20H2,1H3,(H,30,34)/t22-,23-,24-/m0/s1. The highest BCUT2D eigenvalue weighted by Crippen LogP contribution is 2.33. The van der Waals surface area contributed by atoms with E-state index in [1.165, 1.54) is 44.9 Å². The Morgan fingerprint density at radius 1 is 1.03 bits per heavy atom. The number of benzene rings is 1. The van der Waals surface area contributed by atoms with Crippen LogP contribution >= 0.6 is 0 Å². The van der Waals surface area contributed by atoms with Crippen molar-refractivity contribution in [2.75, 3.05) is 32.7 Å². The Labute approximate surface area is 209 Å². The summed E-state index contributed by atoms with van der Waals surface area (Å²) < 4.78 is 3.80. The maximum absolute atomic E-state index is 13.7. The van der Waals surface area contributed by atoms with Crippen molar-refractivity contribution in [2.45, 2.75) is 83.3 Å². The van der Waals surface area contributed by atoms with Crippen molar-refractivity contribution >= 4 is 16.9 Å². The number of nitrogens with one attached hydrogen (secondary N) is 2. The fraction of sp³-hybridized carbons (Fsp3) is 0.714. The molecule has 0 unspecified atom stereocenters. The van der Waals surface area contributed by atoms with E-state index in [1.807, 2.05) is 40.3 Å². The van der Waals surface area contributed by atoms with E-state index in [2.05, 4.69) is 15.5 Å². The Balaban J connectivity index is 1.41. The van der Waals surface area contributed by atoms with E-state index >= 15 is 0 Å². The summed E-state index contributed by atoms with van der Waals surface area (Å²) in [5.41, 5.74) is 1.95. The molecule has 1 aliphatic carbocycles. The van der Waals surface area contributed by atoms with Gasteiger partial charge in [-0.05, 0) is 57.2 Å². The lowest BCUT2D eigenvalue weighted by molar-refractivity contribution is -0.129. The second-order valence-electron chi connectivity index (χ2n) is 11.0. The number of rotatable bonds is 6. The van der Waals surface area contributed by atoms with Gasteiger partial charge in [-0.25, -0.2) is 4.79 Å². The molecule has 3 fully saturated rings. The predicted octanol–water partition coefficient (Wildman–Crippen LogP) is 3.52. The number of piperidine rings is 1. The number of likely N-dealkylation sites (tertiary alicyclic amines) is 1. The molecule has 1 aromatic carbocycles. The van der Waals surface area contributed by atoms with Crippen molar-refractivity contribution < 1.29 is 4.79 Å². The van der Waals surface area contributed by atoms with E-state index in [9.17, 15) is 9.59 Å². The Hall–Kier alpha value is -2.12. The number of hydrogen-bond donors (Lipinski definition) is 2. The number of fused-ring (bicyclic) bond motifs is 1. The number of amides is 1. The van der Waals surface area contributed by atoms with Crippen molar-refractivity contribution in [1.29, 1.82) is 0 Å². The van der Waals surface area contributed by atoms with Gasteiger partial charge in [0, 0.05) is 38.8 Å². The molecular formula is C28H43N5O2. The molecule has 3 atom stereocenters. The number of aromatic nitrogens is 2. The summed E-state index contributed by atoms with van der Waals surface area (Å²) in [5, 5.41) is 6.69. The molecule has 1 saturated carbocycles. The minimum Gasteiger partial charge on any atom is -0.352 e. The summed E-state index contributed by atoms with van der Waals surface area (Å²) in [7, 11) is 0. The molecule has 192 valence electrons. The van der Waals surface area contributed by atoms with Crippen LogP contribution in [0.25, 0.3) is 11.0 Å². The fourth-order valence-electron chi connectivity index (χ4n) is 6.77. The molecule has 2 aromatic rings. The monoisotopic (exact) mass is 481 g/mol. The number of para-hydroxylation sites is 2. The summed E-state index contributed by atoms with van der Waals surface area (Å²) in [6, 6.07) is 8.15. The number of imidazole rings is 1. The molecular weight excluding hydrogens is 438 g/mol. The highest BCUT2D eigenvalue weighted by molar-refractivity contribution is 5.81. The fourth-order valence-corrected chi connectivity index (χ4v) is 6.77. The zero-order valence-electron chi connectivity index (χ0n) is 21.4. The van der Waals surface area contributed by atoms with Crippen LogP contribution in [0, 0.1) is 11.8 Å². The van der Waals surface area contributed by atoms with Crippen LogP contribution in [0.1, 0.15) is 70.8 Å². The van der Waals surface area contributed by atoms with Crippen molar-refractivity contribution in [3.05, 3.63) is 34.7 Å². The number of nitrogens with zero attached hydrogens (tertiary/aromatic N) is 3. The average Bonchev–Trinajstić information content (AvgIpc) is 3.45. The highest BCUT2D eigenvalue weighted by Gasteiger charge is 2.38. The molecule has 0 bridgehead atoms. The van der Waals surface area contributed by atoms with E-state index < -0.39 is 0 Å². The van der Waals surface area contributed by atoms with E-state index in [0.29, 0.717) is 6.54 Å². The quantitative estimate of drug-likeness (QED) is 0.662. The minimum absolute atomic E-state index is 0.0208. The van der Waals surface area contributed by atoms with Gasteiger partial charge in [0.05, 0.1) is 23.0 Å². The van der Waals surface area contributed by atoms with Gasteiger partial charge in [-0.3, -0.25) is 13.9 Å². The third-order valence-electron chi connectivity index (χ3n) is 8.66. The highest BCUT2D eigenvalue weighted by atomic mass is 16.2. The molecule has 0 radical (unpaired) electrons. The Morgan fingerprint density at radius 3 is 2.49 bits per heavy atom. The summed E-state index contributed by atoms with van der Waals surface area (Å²) in [5.74, 6) is 0.636. The van der Waals surface area contributed by atoms with Crippen molar-refractivity contribution in [3.8, 4) is 0 Å². The first-order chi connectivity index (χ1) is 17.2. The Kier molecular flexibility index (Phi) is 7.93. The van der Waals surface area contributed by atoms with Gasteiger partial charge in [-0.2, -0.15) is 0 Å². The van der Waals surface area contributed by atoms with Gasteiger partial charge < -0.3 is 15.5 Å². The second-order valence-corrected chi connectivity index (χ2v) is 11.0. The lowest BCUT2D eigenvalue weighted by Crippen LogP contribution is -2.52. The zero-order chi connectivity index (χ0) is 24.2. The van der Waals surface area contributed by atoms with Crippen LogP contribution in [-0.2, 0) is 11.3 Å². The smallest absolute Gasteiger partial charge is 0.329 e. The lowest BCUT2D eigenvalue weighted by atomic mass is 9.87. The van der Waals surface area contributed by atoms with Gasteiger partial charge in [0.1, 0.15) is 0 Å². The second kappa shape index (κ2) is 11.3. The molecule has 2 saturated heterocycles. The van der Waals surface area contributed by atoms with Crippen LogP contribution in [0.3, 0.4) is 0 Å². The number of aryl methyl sites for hydroxylation is 1. The number of carbonyl (C=O) groups excluding carboxylic acids is 1. The van der Waals surface area contributed by atoms with Crippen molar-refractivity contribution in [2.24, 2.45) is 11.8 Å². The van der Waals surface area contributed by atoms with Gasteiger partial charge in [-0.15, -0.1) is 0 Å². The normalized spacial score (nSPS) is 27.1. The summed E-state index contributed by atoms with van der Waals surface area (Å²) in [6.45, 7) is 7.23. The van der Waals surface area contributed by atoms with Crippen LogP contribution in [0.15, 0.2) is 29.1 Å².